The molecule has 0 unspecified atom stereocenters. The molecule has 0 aromatic carbocycles. The van der Waals surface area contributed by atoms with Gasteiger partial charge in [0.15, 0.2) is 0 Å². The van der Waals surface area contributed by atoms with Gasteiger partial charge in [-0.25, -0.2) is 0 Å². The predicted molar refractivity (Wildman–Crippen MR) is 35.8 cm³/mol. The smallest absolute Gasteiger partial charge is 0.320 e. The number of β-amino-alcohol motifs (C(OH)–C–C–N with tert-alkyl or cyclic N) is 1. The van der Waals surface area contributed by atoms with Gasteiger partial charge in [0.05, 0.1) is 6.10 Å². The first-order chi connectivity index (χ1) is 4.20. The summed E-state index contributed by atoms with van der Waals surface area (Å²) in [6, 6.07) is -0.542. The van der Waals surface area contributed by atoms with Crippen LogP contribution in [0.15, 0.2) is 0 Å². The molecule has 0 spiro atoms. The Bertz CT molecular complexity index is 130. The minimum absolute atomic E-state index is 0. The summed E-state index contributed by atoms with van der Waals surface area (Å²) in [6.45, 7) is 0.400. The van der Waals surface area contributed by atoms with Crippen molar-refractivity contribution in [3.63, 3.8) is 0 Å². The van der Waals surface area contributed by atoms with E-state index in [0.717, 1.165) is 0 Å². The zero-order chi connectivity index (χ0) is 6.85. The minimum Gasteiger partial charge on any atom is -0.480 e. The molecule has 2 atom stereocenters. The van der Waals surface area contributed by atoms with Crippen molar-refractivity contribution in [2.75, 3.05) is 6.54 Å². The predicted octanol–water partition coefficient (Wildman–Crippen LogP) is -1.59. The molecule has 0 saturated carbocycles. The first kappa shape index (κ1) is 10.4. The molecule has 0 bridgehead atoms. The third-order valence-corrected chi connectivity index (χ3v) is 1.41. The minimum atomic E-state index is -0.883. The molecule has 0 aromatic heterocycles. The molecule has 4 nitrogen and oxygen atoms in total. The summed E-state index contributed by atoms with van der Waals surface area (Å²) in [6.07, 6.45) is -0.152. The van der Waals surface area contributed by atoms with Crippen LogP contribution in [-0.2, 0) is 4.79 Å². The second-order valence-electron chi connectivity index (χ2n) is 2.19. The summed E-state index contributed by atoms with van der Waals surface area (Å²) in [7, 11) is 0. The molecule has 1 radical (unpaired) electrons. The molecule has 3 N–H and O–H groups in total. The van der Waals surface area contributed by atoms with Crippen LogP contribution in [0.4, 0.5) is 0 Å². The SMILES string of the molecule is O=C(O)[C@@H]1C[C@@H](O)CN1.[Na]. The summed E-state index contributed by atoms with van der Waals surface area (Å²) in [4.78, 5) is 10.2. The molecule has 0 aromatic rings. The van der Waals surface area contributed by atoms with E-state index >= 15 is 0 Å². The van der Waals surface area contributed by atoms with E-state index in [-0.39, 0.29) is 29.6 Å². The molecule has 1 aliphatic rings. The molecule has 1 aliphatic heterocycles. The van der Waals surface area contributed by atoms with Crippen LogP contribution in [0.5, 0.6) is 0 Å². The number of aliphatic hydroxyl groups is 1. The van der Waals surface area contributed by atoms with E-state index < -0.39 is 18.1 Å². The van der Waals surface area contributed by atoms with Crippen LogP contribution in [0.1, 0.15) is 6.42 Å². The number of rotatable bonds is 1. The number of aliphatic hydroxyl groups excluding tert-OH is 1. The second-order valence-corrected chi connectivity index (χ2v) is 2.19. The maximum Gasteiger partial charge on any atom is 0.320 e. The molecular weight excluding hydrogens is 145 g/mol. The molecule has 0 aliphatic carbocycles. The number of carboxylic acids is 1. The van der Waals surface area contributed by atoms with Gasteiger partial charge >= 0.3 is 5.97 Å². The fourth-order valence-corrected chi connectivity index (χ4v) is 0.905. The zero-order valence-electron chi connectivity index (χ0n) is 5.87. The number of carbonyl (C=O) groups is 1. The molecule has 1 heterocycles. The Morgan fingerprint density at radius 1 is 1.60 bits per heavy atom. The molecule has 53 valence electrons. The number of hydrogen-bond donors (Lipinski definition) is 3. The van der Waals surface area contributed by atoms with Crippen molar-refractivity contribution in [3.8, 4) is 0 Å². The molecule has 0 amide bonds. The Balaban J connectivity index is 0.000000810. The van der Waals surface area contributed by atoms with Crippen molar-refractivity contribution in [2.24, 2.45) is 0 Å². The number of hydrogen-bond acceptors (Lipinski definition) is 3. The third kappa shape index (κ3) is 2.56. The summed E-state index contributed by atoms with van der Waals surface area (Å²) < 4.78 is 0. The normalized spacial score (nSPS) is 31.3. The summed E-state index contributed by atoms with van der Waals surface area (Å²) in [5.41, 5.74) is 0. The van der Waals surface area contributed by atoms with Gasteiger partial charge in [0.2, 0.25) is 0 Å². The van der Waals surface area contributed by atoms with E-state index in [4.69, 9.17) is 10.2 Å². The number of carboxylic acid groups (broad SMARTS) is 1. The Morgan fingerprint density at radius 3 is 2.40 bits per heavy atom. The molecule has 1 fully saturated rings. The maximum absolute atomic E-state index is 10.2. The van der Waals surface area contributed by atoms with E-state index in [1.54, 1.807) is 0 Å². The Labute approximate surface area is 80.9 Å². The van der Waals surface area contributed by atoms with Gasteiger partial charge in [0.1, 0.15) is 6.04 Å². The Morgan fingerprint density at radius 2 is 2.20 bits per heavy atom. The van der Waals surface area contributed by atoms with Gasteiger partial charge in [-0.1, -0.05) is 0 Å². The van der Waals surface area contributed by atoms with Crippen LogP contribution in [0.3, 0.4) is 0 Å². The van der Waals surface area contributed by atoms with E-state index in [1.807, 2.05) is 0 Å². The summed E-state index contributed by atoms with van der Waals surface area (Å²) in [5, 5.41) is 19.8. The Hall–Kier alpha value is 0.390. The van der Waals surface area contributed by atoms with E-state index in [2.05, 4.69) is 5.32 Å². The fraction of sp³-hybridized carbons (Fsp3) is 0.800. The zero-order valence-corrected chi connectivity index (χ0v) is 7.87. The van der Waals surface area contributed by atoms with Crippen molar-refractivity contribution in [1.29, 1.82) is 0 Å². The largest absolute Gasteiger partial charge is 0.480 e. The number of aliphatic carboxylic acids is 1. The molecule has 1 rings (SSSR count). The van der Waals surface area contributed by atoms with Gasteiger partial charge in [-0.3, -0.25) is 4.79 Å². The van der Waals surface area contributed by atoms with Crippen molar-refractivity contribution < 1.29 is 15.0 Å². The van der Waals surface area contributed by atoms with Crippen LogP contribution in [0.25, 0.3) is 0 Å². The average molecular weight is 154 g/mol. The van der Waals surface area contributed by atoms with E-state index in [0.29, 0.717) is 13.0 Å². The second kappa shape index (κ2) is 4.31. The molecule has 5 heteroatoms. The van der Waals surface area contributed by atoms with Crippen LogP contribution >= 0.6 is 0 Å². The average Bonchev–Trinajstić information content (AvgIpc) is 2.14. The van der Waals surface area contributed by atoms with Gasteiger partial charge in [-0.2, -0.15) is 0 Å². The van der Waals surface area contributed by atoms with Crippen molar-refractivity contribution >= 4 is 35.5 Å². The van der Waals surface area contributed by atoms with Gasteiger partial charge in [-0.15, -0.1) is 0 Å². The van der Waals surface area contributed by atoms with Crippen LogP contribution in [-0.4, -0.2) is 64.4 Å². The van der Waals surface area contributed by atoms with E-state index in [9.17, 15) is 4.79 Å². The standard InChI is InChI=1S/C5H9NO3.Na/c7-3-1-4(5(8)9)6-2-3;/h3-4,6-7H,1-2H2,(H,8,9);/t3-,4+;/m1./s1. The third-order valence-electron chi connectivity index (χ3n) is 1.41. The molecule has 1 saturated heterocycles. The molecule has 10 heavy (non-hydrogen) atoms. The first-order valence-electron chi connectivity index (χ1n) is 2.84. The van der Waals surface area contributed by atoms with Crippen LogP contribution in [0, 0.1) is 0 Å². The summed E-state index contributed by atoms with van der Waals surface area (Å²) in [5.74, 6) is -0.883. The van der Waals surface area contributed by atoms with Crippen LogP contribution < -0.4 is 5.32 Å². The van der Waals surface area contributed by atoms with Gasteiger partial charge < -0.3 is 15.5 Å². The number of nitrogens with one attached hydrogen (secondary N) is 1. The topological polar surface area (TPSA) is 69.6 Å². The van der Waals surface area contributed by atoms with Crippen LogP contribution in [0.2, 0.25) is 0 Å². The van der Waals surface area contributed by atoms with Crippen molar-refractivity contribution in [3.05, 3.63) is 0 Å². The van der Waals surface area contributed by atoms with Gasteiger partial charge in [0, 0.05) is 42.5 Å². The van der Waals surface area contributed by atoms with Gasteiger partial charge in [0.25, 0.3) is 0 Å². The monoisotopic (exact) mass is 154 g/mol. The Kier molecular flexibility index (Phi) is 4.47. The first-order valence-corrected chi connectivity index (χ1v) is 2.84. The maximum atomic E-state index is 10.2. The van der Waals surface area contributed by atoms with Crippen molar-refractivity contribution in [2.45, 2.75) is 18.6 Å². The van der Waals surface area contributed by atoms with E-state index in [1.165, 1.54) is 0 Å². The van der Waals surface area contributed by atoms with Gasteiger partial charge in [-0.05, 0) is 0 Å². The summed E-state index contributed by atoms with van der Waals surface area (Å²) >= 11 is 0. The quantitative estimate of drug-likeness (QED) is 0.398. The fourth-order valence-electron chi connectivity index (χ4n) is 0.905. The van der Waals surface area contributed by atoms with Crippen molar-refractivity contribution in [1.82, 2.24) is 5.32 Å². The molecular formula is C5H9NNaO3.